The lowest BCUT2D eigenvalue weighted by atomic mass is 9.97. The zero-order valence-corrected chi connectivity index (χ0v) is 14.6. The van der Waals surface area contributed by atoms with E-state index < -0.39 is 24.9 Å². The highest BCUT2D eigenvalue weighted by Crippen LogP contribution is 2.24. The van der Waals surface area contributed by atoms with Crippen molar-refractivity contribution < 1.29 is 22.4 Å². The predicted octanol–water partition coefficient (Wildman–Crippen LogP) is 3.67. The molecule has 1 amide bonds. The molecule has 0 N–H and O–H groups in total. The van der Waals surface area contributed by atoms with E-state index >= 15 is 0 Å². The summed E-state index contributed by atoms with van der Waals surface area (Å²) in [4.78, 5) is 13.5. The molecule has 0 unspecified atom stereocenters. The van der Waals surface area contributed by atoms with Crippen molar-refractivity contribution in [3.8, 4) is 11.3 Å². The highest BCUT2D eigenvalue weighted by molar-refractivity contribution is 5.76. The summed E-state index contributed by atoms with van der Waals surface area (Å²) in [5.74, 6) is -0.678. The second-order valence-corrected chi connectivity index (χ2v) is 6.80. The first-order valence-electron chi connectivity index (χ1n) is 8.81. The predicted molar refractivity (Wildman–Crippen MR) is 90.0 cm³/mol. The van der Waals surface area contributed by atoms with E-state index in [-0.39, 0.29) is 11.7 Å². The molecule has 1 saturated heterocycles. The molecule has 1 aliphatic rings. The number of aromatic nitrogens is 3. The molecule has 1 aromatic heterocycles. The van der Waals surface area contributed by atoms with Crippen LogP contribution in [0.4, 0.5) is 17.6 Å². The number of nitrogens with zero attached hydrogens (tertiary/aromatic N) is 4. The van der Waals surface area contributed by atoms with Crippen molar-refractivity contribution in [3.05, 3.63) is 36.3 Å². The number of alkyl halides is 3. The van der Waals surface area contributed by atoms with Crippen LogP contribution in [-0.4, -0.2) is 45.1 Å². The smallest absolute Gasteiger partial charge is 0.342 e. The molecule has 5 nitrogen and oxygen atoms in total. The monoisotopic (exact) mass is 384 g/mol. The van der Waals surface area contributed by atoms with Gasteiger partial charge in [0.15, 0.2) is 0 Å². The molecule has 27 heavy (non-hydrogen) atoms. The third kappa shape index (κ3) is 5.51. The van der Waals surface area contributed by atoms with Gasteiger partial charge in [-0.2, -0.15) is 13.2 Å². The first-order valence-corrected chi connectivity index (χ1v) is 8.81. The maximum atomic E-state index is 13.0. The minimum atomic E-state index is -4.32. The minimum Gasteiger partial charge on any atom is -0.342 e. The maximum Gasteiger partial charge on any atom is 0.389 e. The fourth-order valence-electron chi connectivity index (χ4n) is 3.25. The number of piperidine rings is 1. The van der Waals surface area contributed by atoms with E-state index in [4.69, 9.17) is 0 Å². The summed E-state index contributed by atoms with van der Waals surface area (Å²) < 4.78 is 51.6. The average Bonchev–Trinajstić information content (AvgIpc) is 3.08. The lowest BCUT2D eigenvalue weighted by Gasteiger charge is -2.32. The normalized spacial score (nSPS) is 17.9. The summed E-state index contributed by atoms with van der Waals surface area (Å²) in [6, 6.07) is 5.93. The van der Waals surface area contributed by atoms with E-state index in [1.165, 1.54) is 17.0 Å². The Labute approximate surface area is 154 Å². The van der Waals surface area contributed by atoms with Gasteiger partial charge in [-0.1, -0.05) is 5.21 Å². The van der Waals surface area contributed by atoms with Gasteiger partial charge in [0.1, 0.15) is 11.5 Å². The van der Waals surface area contributed by atoms with Crippen molar-refractivity contribution in [1.29, 1.82) is 0 Å². The Morgan fingerprint density at radius 3 is 2.67 bits per heavy atom. The van der Waals surface area contributed by atoms with Gasteiger partial charge in [0.25, 0.3) is 0 Å². The van der Waals surface area contributed by atoms with E-state index in [1.807, 2.05) is 0 Å². The molecule has 0 spiro atoms. The highest BCUT2D eigenvalue weighted by Gasteiger charge is 2.30. The van der Waals surface area contributed by atoms with E-state index in [1.54, 1.807) is 23.0 Å². The fraction of sp³-hybridized carbons (Fsp3) is 0.500. The Morgan fingerprint density at radius 2 is 1.96 bits per heavy atom. The van der Waals surface area contributed by atoms with Crippen LogP contribution in [0.1, 0.15) is 25.7 Å². The van der Waals surface area contributed by atoms with Gasteiger partial charge in [-0.3, -0.25) is 9.48 Å². The van der Waals surface area contributed by atoms with Gasteiger partial charge >= 0.3 is 6.18 Å². The van der Waals surface area contributed by atoms with Crippen LogP contribution in [0.15, 0.2) is 30.5 Å². The summed E-state index contributed by atoms with van der Waals surface area (Å²) in [6.45, 7) is 1.44. The number of hydrogen-bond acceptors (Lipinski definition) is 3. The topological polar surface area (TPSA) is 51.0 Å². The van der Waals surface area contributed by atoms with Crippen LogP contribution >= 0.6 is 0 Å². The Bertz CT molecular complexity index is 772. The van der Waals surface area contributed by atoms with E-state index in [2.05, 4.69) is 10.3 Å². The average molecular weight is 384 g/mol. The lowest BCUT2D eigenvalue weighted by Crippen LogP contribution is -2.41. The number of carbonyl (C=O) groups excluding carboxylic acids is 1. The third-order valence-electron chi connectivity index (χ3n) is 4.62. The standard InChI is InChI=1S/C18H20F4N4O/c19-15-5-3-14(4-6-15)16-12-26(24-23-16)11-13-2-1-9-25(10-13)17(27)7-8-18(20,21)22/h3-6,12-13H,1-2,7-11H2/t13-/m0/s1. The zero-order valence-electron chi connectivity index (χ0n) is 14.6. The number of benzene rings is 1. The summed E-state index contributed by atoms with van der Waals surface area (Å²) >= 11 is 0. The maximum absolute atomic E-state index is 13.0. The summed E-state index contributed by atoms with van der Waals surface area (Å²) in [5.41, 5.74) is 1.36. The number of hydrogen-bond donors (Lipinski definition) is 0. The molecular formula is C18H20F4N4O. The molecule has 1 atom stereocenters. The van der Waals surface area contributed by atoms with Gasteiger partial charge < -0.3 is 4.90 Å². The van der Waals surface area contributed by atoms with Crippen molar-refractivity contribution in [3.63, 3.8) is 0 Å². The molecule has 0 radical (unpaired) electrons. The molecule has 0 aliphatic carbocycles. The molecule has 1 fully saturated rings. The number of amides is 1. The van der Waals surface area contributed by atoms with E-state index in [9.17, 15) is 22.4 Å². The molecule has 3 rings (SSSR count). The molecule has 2 aromatic rings. The Hall–Kier alpha value is -2.45. The number of carbonyl (C=O) groups is 1. The van der Waals surface area contributed by atoms with E-state index in [0.29, 0.717) is 25.3 Å². The molecule has 0 bridgehead atoms. The molecule has 9 heteroatoms. The Balaban J connectivity index is 1.56. The second kappa shape index (κ2) is 8.06. The number of halogens is 4. The van der Waals surface area contributed by atoms with Crippen LogP contribution < -0.4 is 0 Å². The van der Waals surface area contributed by atoms with Crippen molar-refractivity contribution in [2.75, 3.05) is 13.1 Å². The molecule has 146 valence electrons. The van der Waals surface area contributed by atoms with Crippen LogP contribution in [0, 0.1) is 11.7 Å². The quantitative estimate of drug-likeness (QED) is 0.740. The van der Waals surface area contributed by atoms with Crippen LogP contribution in [0.3, 0.4) is 0 Å². The van der Waals surface area contributed by atoms with Crippen LogP contribution in [0.5, 0.6) is 0 Å². The molecular weight excluding hydrogens is 364 g/mol. The van der Waals surface area contributed by atoms with Gasteiger partial charge in [-0.25, -0.2) is 4.39 Å². The largest absolute Gasteiger partial charge is 0.389 e. The lowest BCUT2D eigenvalue weighted by molar-refractivity contribution is -0.150. The fourth-order valence-corrected chi connectivity index (χ4v) is 3.25. The van der Waals surface area contributed by atoms with Crippen LogP contribution in [-0.2, 0) is 11.3 Å². The SMILES string of the molecule is O=C(CCC(F)(F)F)N1CCC[C@H](Cn2cc(-c3ccc(F)cc3)nn2)C1. The van der Waals surface area contributed by atoms with Crippen molar-refractivity contribution in [2.45, 2.75) is 38.4 Å². The summed E-state index contributed by atoms with van der Waals surface area (Å²) in [7, 11) is 0. The Kier molecular flexibility index (Phi) is 5.76. The highest BCUT2D eigenvalue weighted by atomic mass is 19.4. The molecule has 2 heterocycles. The number of rotatable bonds is 5. The number of likely N-dealkylation sites (tertiary alicyclic amines) is 1. The van der Waals surface area contributed by atoms with Gasteiger partial charge in [-0.05, 0) is 43.0 Å². The van der Waals surface area contributed by atoms with Crippen LogP contribution in [0.25, 0.3) is 11.3 Å². The van der Waals surface area contributed by atoms with Gasteiger partial charge in [0.2, 0.25) is 5.91 Å². The minimum absolute atomic E-state index is 0.108. The Morgan fingerprint density at radius 1 is 1.22 bits per heavy atom. The van der Waals surface area contributed by atoms with Crippen molar-refractivity contribution >= 4 is 5.91 Å². The van der Waals surface area contributed by atoms with Gasteiger partial charge in [0.05, 0.1) is 12.6 Å². The van der Waals surface area contributed by atoms with Crippen molar-refractivity contribution in [2.24, 2.45) is 5.92 Å². The van der Waals surface area contributed by atoms with Crippen molar-refractivity contribution in [1.82, 2.24) is 19.9 Å². The summed E-state index contributed by atoms with van der Waals surface area (Å²) in [5, 5.41) is 8.15. The zero-order chi connectivity index (χ0) is 19.4. The van der Waals surface area contributed by atoms with E-state index in [0.717, 1.165) is 18.4 Å². The second-order valence-electron chi connectivity index (χ2n) is 6.80. The van der Waals surface area contributed by atoms with Gasteiger partial charge in [0, 0.05) is 31.6 Å². The molecule has 1 aliphatic heterocycles. The third-order valence-corrected chi connectivity index (χ3v) is 4.62. The molecule has 0 saturated carbocycles. The first kappa shape index (κ1) is 19.3. The summed E-state index contributed by atoms with van der Waals surface area (Å²) in [6.07, 6.45) is -2.54. The van der Waals surface area contributed by atoms with Crippen LogP contribution in [0.2, 0.25) is 0 Å². The molecule has 1 aromatic carbocycles. The van der Waals surface area contributed by atoms with Gasteiger partial charge in [-0.15, -0.1) is 5.10 Å². The first-order chi connectivity index (χ1) is 12.8.